The number of fused-ring (bicyclic) bond motifs is 1. The molecule has 0 atom stereocenters. The van der Waals surface area contributed by atoms with Gasteiger partial charge >= 0.3 is 0 Å². The molecule has 0 saturated heterocycles. The molecule has 2 nitrogen and oxygen atoms in total. The van der Waals surface area contributed by atoms with E-state index in [1.54, 1.807) is 0 Å². The molecule has 0 unspecified atom stereocenters. The molecular weight excluding hydrogens is 198 g/mol. The number of likely N-dealkylation sites (N-methyl/N-ethyl adjacent to an activating group) is 1. The minimum Gasteiger partial charge on any atom is -0.302 e. The van der Waals surface area contributed by atoms with Crippen LogP contribution in [0.25, 0.3) is 0 Å². The number of rotatable bonds is 3. The summed E-state index contributed by atoms with van der Waals surface area (Å²) >= 11 is 0. The second kappa shape index (κ2) is 4.79. The summed E-state index contributed by atoms with van der Waals surface area (Å²) in [7, 11) is 3.85. The van der Waals surface area contributed by atoms with Gasteiger partial charge in [0.1, 0.15) is 0 Å². The maximum Gasteiger partial charge on any atom is 0.176 e. The summed E-state index contributed by atoms with van der Waals surface area (Å²) in [6.07, 6.45) is 4.87. The van der Waals surface area contributed by atoms with Crippen molar-refractivity contribution in [1.82, 2.24) is 4.90 Å². The summed E-state index contributed by atoms with van der Waals surface area (Å²) in [5.74, 6) is 0.221. The lowest BCUT2D eigenvalue weighted by molar-refractivity contribution is 0.0957. The minimum absolute atomic E-state index is 0.221. The minimum atomic E-state index is 0.221. The van der Waals surface area contributed by atoms with Crippen molar-refractivity contribution < 1.29 is 4.79 Å². The van der Waals surface area contributed by atoms with Gasteiger partial charge in [-0.05, 0) is 57.0 Å². The van der Waals surface area contributed by atoms with E-state index in [-0.39, 0.29) is 5.78 Å². The number of aryl methyl sites for hydroxylation is 2. The van der Waals surface area contributed by atoms with E-state index in [4.69, 9.17) is 0 Å². The Morgan fingerprint density at radius 3 is 2.56 bits per heavy atom. The van der Waals surface area contributed by atoms with Crippen LogP contribution in [0.4, 0.5) is 0 Å². The quantitative estimate of drug-likeness (QED) is 0.724. The number of hydrogen-bond acceptors (Lipinski definition) is 2. The predicted octanol–water partition coefficient (Wildman–Crippen LogP) is 2.31. The third-order valence-electron chi connectivity index (χ3n) is 3.13. The Kier molecular flexibility index (Phi) is 3.39. The van der Waals surface area contributed by atoms with Crippen molar-refractivity contribution in [2.75, 3.05) is 20.6 Å². The van der Waals surface area contributed by atoms with Crippen LogP contribution in [-0.2, 0) is 12.8 Å². The van der Waals surface area contributed by atoms with E-state index in [0.29, 0.717) is 6.54 Å². The highest BCUT2D eigenvalue weighted by Gasteiger charge is 2.13. The first kappa shape index (κ1) is 11.3. The van der Waals surface area contributed by atoms with E-state index in [0.717, 1.165) is 12.0 Å². The summed E-state index contributed by atoms with van der Waals surface area (Å²) in [5.41, 5.74) is 3.69. The van der Waals surface area contributed by atoms with Crippen LogP contribution < -0.4 is 0 Å². The predicted molar refractivity (Wildman–Crippen MR) is 66.0 cm³/mol. The molecule has 0 N–H and O–H groups in total. The fourth-order valence-electron chi connectivity index (χ4n) is 2.29. The zero-order chi connectivity index (χ0) is 11.5. The molecule has 0 aromatic heterocycles. The second-order valence-electron chi connectivity index (χ2n) is 4.85. The van der Waals surface area contributed by atoms with Gasteiger partial charge in [0, 0.05) is 5.56 Å². The molecule has 0 radical (unpaired) electrons. The Morgan fingerprint density at radius 1 is 1.19 bits per heavy atom. The van der Waals surface area contributed by atoms with E-state index < -0.39 is 0 Å². The number of ketones is 1. The molecular formula is C14H19NO. The maximum atomic E-state index is 11.9. The van der Waals surface area contributed by atoms with Gasteiger partial charge in [0.05, 0.1) is 6.54 Å². The molecule has 1 aromatic rings. The Labute approximate surface area is 97.3 Å². The zero-order valence-electron chi connectivity index (χ0n) is 10.1. The van der Waals surface area contributed by atoms with E-state index in [2.05, 4.69) is 12.1 Å². The van der Waals surface area contributed by atoms with Crippen molar-refractivity contribution in [1.29, 1.82) is 0 Å². The molecule has 2 heteroatoms. The molecule has 86 valence electrons. The number of carbonyl (C=O) groups excluding carboxylic acids is 1. The lowest BCUT2D eigenvalue weighted by Crippen LogP contribution is -2.22. The lowest BCUT2D eigenvalue weighted by Gasteiger charge is -2.16. The van der Waals surface area contributed by atoms with Crippen molar-refractivity contribution in [3.63, 3.8) is 0 Å². The Bertz CT molecular complexity index is 396. The summed E-state index contributed by atoms with van der Waals surface area (Å²) in [4.78, 5) is 13.8. The SMILES string of the molecule is CN(C)CC(=O)c1ccc2c(c1)CCCC2. The Balaban J connectivity index is 2.19. The molecule has 0 amide bonds. The van der Waals surface area contributed by atoms with Crippen molar-refractivity contribution >= 4 is 5.78 Å². The fourth-order valence-corrected chi connectivity index (χ4v) is 2.29. The van der Waals surface area contributed by atoms with Gasteiger partial charge in [0.25, 0.3) is 0 Å². The first-order valence-electron chi connectivity index (χ1n) is 5.96. The van der Waals surface area contributed by atoms with Crippen LogP contribution in [0.15, 0.2) is 18.2 Å². The van der Waals surface area contributed by atoms with E-state index in [9.17, 15) is 4.79 Å². The van der Waals surface area contributed by atoms with Crippen LogP contribution in [0.2, 0.25) is 0 Å². The van der Waals surface area contributed by atoms with Crippen LogP contribution >= 0.6 is 0 Å². The molecule has 2 rings (SSSR count). The maximum absolute atomic E-state index is 11.9. The molecule has 1 aromatic carbocycles. The van der Waals surface area contributed by atoms with Crippen LogP contribution in [0.3, 0.4) is 0 Å². The molecule has 0 spiro atoms. The molecule has 0 heterocycles. The standard InChI is InChI=1S/C14H19NO/c1-15(2)10-14(16)13-8-7-11-5-3-4-6-12(11)9-13/h7-9H,3-6,10H2,1-2H3. The van der Waals surface area contributed by atoms with Crippen LogP contribution in [0, 0.1) is 0 Å². The van der Waals surface area contributed by atoms with Gasteiger partial charge in [-0.3, -0.25) is 4.79 Å². The average molecular weight is 217 g/mol. The van der Waals surface area contributed by atoms with Crippen molar-refractivity contribution in [3.8, 4) is 0 Å². The van der Waals surface area contributed by atoms with Gasteiger partial charge in [-0.2, -0.15) is 0 Å². The lowest BCUT2D eigenvalue weighted by atomic mass is 9.90. The van der Waals surface area contributed by atoms with E-state index in [1.165, 1.54) is 30.4 Å². The normalized spacial score (nSPS) is 14.9. The highest BCUT2D eigenvalue weighted by molar-refractivity contribution is 5.97. The van der Waals surface area contributed by atoms with Crippen LogP contribution in [0.1, 0.15) is 34.3 Å². The number of Topliss-reactive ketones (excluding diaryl/α,β-unsaturated/α-hetero) is 1. The zero-order valence-corrected chi connectivity index (χ0v) is 10.1. The molecule has 1 aliphatic rings. The van der Waals surface area contributed by atoms with Gasteiger partial charge in [0.15, 0.2) is 5.78 Å². The Hall–Kier alpha value is -1.15. The van der Waals surface area contributed by atoms with Gasteiger partial charge < -0.3 is 4.90 Å². The Morgan fingerprint density at radius 2 is 1.88 bits per heavy atom. The summed E-state index contributed by atoms with van der Waals surface area (Å²) in [6, 6.07) is 6.22. The van der Waals surface area contributed by atoms with Crippen LogP contribution in [0.5, 0.6) is 0 Å². The van der Waals surface area contributed by atoms with Gasteiger partial charge in [-0.1, -0.05) is 12.1 Å². The van der Waals surface area contributed by atoms with Gasteiger partial charge in [-0.25, -0.2) is 0 Å². The van der Waals surface area contributed by atoms with E-state index in [1.807, 2.05) is 25.1 Å². The van der Waals surface area contributed by atoms with Crippen molar-refractivity contribution in [2.45, 2.75) is 25.7 Å². The number of hydrogen-bond donors (Lipinski definition) is 0. The monoisotopic (exact) mass is 217 g/mol. The summed E-state index contributed by atoms with van der Waals surface area (Å²) in [5, 5.41) is 0. The summed E-state index contributed by atoms with van der Waals surface area (Å²) < 4.78 is 0. The molecule has 0 saturated carbocycles. The topological polar surface area (TPSA) is 20.3 Å². The third-order valence-corrected chi connectivity index (χ3v) is 3.13. The smallest absolute Gasteiger partial charge is 0.176 e. The number of nitrogens with zero attached hydrogens (tertiary/aromatic N) is 1. The third kappa shape index (κ3) is 2.50. The molecule has 0 bridgehead atoms. The molecule has 0 fully saturated rings. The first-order valence-corrected chi connectivity index (χ1v) is 5.96. The number of benzene rings is 1. The second-order valence-corrected chi connectivity index (χ2v) is 4.85. The number of carbonyl (C=O) groups is 1. The van der Waals surface area contributed by atoms with Gasteiger partial charge in [0.2, 0.25) is 0 Å². The van der Waals surface area contributed by atoms with Crippen LogP contribution in [-0.4, -0.2) is 31.3 Å². The van der Waals surface area contributed by atoms with Crippen molar-refractivity contribution in [3.05, 3.63) is 34.9 Å². The molecule has 1 aliphatic carbocycles. The molecule has 0 aliphatic heterocycles. The largest absolute Gasteiger partial charge is 0.302 e. The highest BCUT2D eigenvalue weighted by Crippen LogP contribution is 2.22. The average Bonchev–Trinajstić information content (AvgIpc) is 2.27. The summed E-state index contributed by atoms with van der Waals surface area (Å²) in [6.45, 7) is 0.499. The fraction of sp³-hybridized carbons (Fsp3) is 0.500. The first-order chi connectivity index (χ1) is 7.66. The molecule has 16 heavy (non-hydrogen) atoms. The highest BCUT2D eigenvalue weighted by atomic mass is 16.1. The van der Waals surface area contributed by atoms with Crippen molar-refractivity contribution in [2.24, 2.45) is 0 Å². The van der Waals surface area contributed by atoms with E-state index >= 15 is 0 Å². The van der Waals surface area contributed by atoms with Gasteiger partial charge in [-0.15, -0.1) is 0 Å².